The molecule has 1 aromatic heterocycles. The first-order valence-corrected chi connectivity index (χ1v) is 7.04. The van der Waals surface area contributed by atoms with Crippen LogP contribution in [-0.2, 0) is 4.79 Å². The molecule has 0 aliphatic heterocycles. The Kier molecular flexibility index (Phi) is 4.50. The summed E-state index contributed by atoms with van der Waals surface area (Å²) in [6, 6.07) is 2.93. The smallest absolute Gasteiger partial charge is 0.311 e. The van der Waals surface area contributed by atoms with Gasteiger partial charge in [-0.1, -0.05) is 36.0 Å². The molecule has 0 aromatic carbocycles. The molecular weight excluding hydrogens is 303 g/mol. The zero-order valence-corrected chi connectivity index (χ0v) is 12.2. The van der Waals surface area contributed by atoms with Crippen LogP contribution in [-0.4, -0.2) is 28.5 Å². The van der Waals surface area contributed by atoms with Crippen LogP contribution in [0.1, 0.15) is 36.0 Å². The molecule has 5 nitrogen and oxygen atoms in total. The zero-order valence-electron chi connectivity index (χ0n) is 10.7. The number of carbonyl (C=O) groups is 2. The van der Waals surface area contributed by atoms with Crippen LogP contribution in [0.25, 0.3) is 0 Å². The molecule has 1 fully saturated rings. The predicted octanol–water partition coefficient (Wildman–Crippen LogP) is 2.76. The van der Waals surface area contributed by atoms with Crippen LogP contribution in [0.3, 0.4) is 0 Å². The average molecular weight is 317 g/mol. The summed E-state index contributed by atoms with van der Waals surface area (Å²) in [4.78, 5) is 27.2. The molecule has 1 amide bonds. The third-order valence-electron chi connectivity index (χ3n) is 3.66. The van der Waals surface area contributed by atoms with E-state index in [-0.39, 0.29) is 22.4 Å². The molecule has 2 rings (SSSR count). The van der Waals surface area contributed by atoms with E-state index >= 15 is 0 Å². The first kappa shape index (κ1) is 15.1. The summed E-state index contributed by atoms with van der Waals surface area (Å²) >= 11 is 11.5. The largest absolute Gasteiger partial charge is 0.481 e. The fourth-order valence-electron chi connectivity index (χ4n) is 2.44. The number of nitrogens with zero attached hydrogens (tertiary/aromatic N) is 1. The van der Waals surface area contributed by atoms with Gasteiger partial charge in [0, 0.05) is 6.54 Å². The van der Waals surface area contributed by atoms with Crippen LogP contribution in [0.4, 0.5) is 0 Å². The lowest BCUT2D eigenvalue weighted by molar-refractivity contribution is -0.148. The lowest BCUT2D eigenvalue weighted by Gasteiger charge is -2.24. The minimum atomic E-state index is -0.865. The number of halogens is 2. The van der Waals surface area contributed by atoms with E-state index in [2.05, 4.69) is 10.3 Å². The quantitative estimate of drug-likeness (QED) is 0.837. The Bertz CT molecular complexity index is 542. The molecule has 1 aromatic rings. The molecule has 0 atom stereocenters. The molecule has 1 aliphatic rings. The van der Waals surface area contributed by atoms with E-state index < -0.39 is 17.3 Å². The zero-order chi connectivity index (χ0) is 14.8. The van der Waals surface area contributed by atoms with E-state index in [4.69, 9.17) is 23.2 Å². The first-order chi connectivity index (χ1) is 9.44. The van der Waals surface area contributed by atoms with Gasteiger partial charge in [-0.05, 0) is 25.0 Å². The van der Waals surface area contributed by atoms with E-state index in [1.165, 1.54) is 12.1 Å². The van der Waals surface area contributed by atoms with E-state index in [1.54, 1.807) is 0 Å². The van der Waals surface area contributed by atoms with E-state index in [9.17, 15) is 14.7 Å². The van der Waals surface area contributed by atoms with Crippen LogP contribution in [0, 0.1) is 5.41 Å². The maximum Gasteiger partial charge on any atom is 0.311 e. The maximum absolute atomic E-state index is 12.0. The van der Waals surface area contributed by atoms with Crippen molar-refractivity contribution in [1.82, 2.24) is 10.3 Å². The molecule has 0 unspecified atom stereocenters. The second kappa shape index (κ2) is 5.97. The number of rotatable bonds is 4. The van der Waals surface area contributed by atoms with Crippen molar-refractivity contribution >= 4 is 35.1 Å². The first-order valence-electron chi connectivity index (χ1n) is 6.28. The summed E-state index contributed by atoms with van der Waals surface area (Å²) < 4.78 is 0. The molecule has 7 heteroatoms. The van der Waals surface area contributed by atoms with Crippen LogP contribution < -0.4 is 5.32 Å². The van der Waals surface area contributed by atoms with E-state index in [0.29, 0.717) is 12.8 Å². The molecule has 20 heavy (non-hydrogen) atoms. The van der Waals surface area contributed by atoms with Gasteiger partial charge < -0.3 is 10.4 Å². The predicted molar refractivity (Wildman–Crippen MR) is 75.1 cm³/mol. The Labute approximate surface area is 126 Å². The number of nitrogens with one attached hydrogen (secondary N) is 1. The maximum atomic E-state index is 12.0. The second-order valence-corrected chi connectivity index (χ2v) is 5.69. The summed E-state index contributed by atoms with van der Waals surface area (Å²) in [5, 5.41) is 12.2. The van der Waals surface area contributed by atoms with Gasteiger partial charge in [0.2, 0.25) is 0 Å². The molecule has 0 saturated heterocycles. The number of pyridine rings is 1. The number of carboxylic acid groups (broad SMARTS) is 1. The van der Waals surface area contributed by atoms with Gasteiger partial charge in [0.1, 0.15) is 10.3 Å². The summed E-state index contributed by atoms with van der Waals surface area (Å²) in [6.07, 6.45) is 2.89. The fourth-order valence-corrected chi connectivity index (χ4v) is 2.87. The number of aliphatic carboxylic acids is 1. The van der Waals surface area contributed by atoms with Gasteiger partial charge >= 0.3 is 5.97 Å². The Balaban J connectivity index is 2.06. The molecule has 0 bridgehead atoms. The van der Waals surface area contributed by atoms with Gasteiger partial charge in [-0.25, -0.2) is 4.98 Å². The van der Waals surface area contributed by atoms with E-state index in [0.717, 1.165) is 12.8 Å². The minimum Gasteiger partial charge on any atom is -0.481 e. The highest BCUT2D eigenvalue weighted by Crippen LogP contribution is 2.37. The van der Waals surface area contributed by atoms with Crippen molar-refractivity contribution in [2.45, 2.75) is 25.7 Å². The minimum absolute atomic E-state index is 0.00537. The number of carbonyl (C=O) groups excluding carboxylic acids is 1. The molecule has 0 radical (unpaired) electrons. The summed E-state index contributed by atoms with van der Waals surface area (Å²) in [5.74, 6) is -1.30. The van der Waals surface area contributed by atoms with Crippen molar-refractivity contribution < 1.29 is 14.7 Å². The number of hydrogen-bond donors (Lipinski definition) is 2. The molecular formula is C13H14Cl2N2O3. The normalized spacial score (nSPS) is 16.9. The average Bonchev–Trinajstić information content (AvgIpc) is 2.86. The summed E-state index contributed by atoms with van der Waals surface area (Å²) in [5.41, 5.74) is -0.670. The van der Waals surface area contributed by atoms with Crippen LogP contribution in [0.15, 0.2) is 12.1 Å². The Morgan fingerprint density at radius 3 is 2.50 bits per heavy atom. The molecule has 1 saturated carbocycles. The van der Waals surface area contributed by atoms with Crippen LogP contribution in [0.5, 0.6) is 0 Å². The van der Waals surface area contributed by atoms with Crippen molar-refractivity contribution in [1.29, 1.82) is 0 Å². The molecule has 1 heterocycles. The summed E-state index contributed by atoms with van der Waals surface area (Å²) in [7, 11) is 0. The van der Waals surface area contributed by atoms with Gasteiger partial charge in [-0.15, -0.1) is 0 Å². The number of aromatic nitrogens is 1. The lowest BCUT2D eigenvalue weighted by Crippen LogP contribution is -2.41. The van der Waals surface area contributed by atoms with Gasteiger partial charge in [-0.2, -0.15) is 0 Å². The van der Waals surface area contributed by atoms with Gasteiger partial charge in [0.25, 0.3) is 5.91 Å². The highest BCUT2D eigenvalue weighted by atomic mass is 35.5. The Morgan fingerprint density at radius 1 is 1.30 bits per heavy atom. The van der Waals surface area contributed by atoms with Crippen LogP contribution >= 0.6 is 23.2 Å². The Hall–Kier alpha value is -1.33. The number of carboxylic acids is 1. The number of hydrogen-bond acceptors (Lipinski definition) is 3. The standard InChI is InChI=1S/C13H14Cl2N2O3/c14-9-4-3-8(10(15)17-9)11(18)16-7-13(12(19)20)5-1-2-6-13/h3-4H,1-2,5-7H2,(H,16,18)(H,19,20). The monoisotopic (exact) mass is 316 g/mol. The van der Waals surface area contributed by atoms with Crippen molar-refractivity contribution in [3.05, 3.63) is 28.0 Å². The lowest BCUT2D eigenvalue weighted by atomic mass is 9.86. The Morgan fingerprint density at radius 2 is 1.95 bits per heavy atom. The third kappa shape index (κ3) is 3.04. The topological polar surface area (TPSA) is 79.3 Å². The van der Waals surface area contributed by atoms with Gasteiger partial charge in [-0.3, -0.25) is 9.59 Å². The molecule has 1 aliphatic carbocycles. The molecule has 0 spiro atoms. The van der Waals surface area contributed by atoms with E-state index in [1.807, 2.05) is 0 Å². The fraction of sp³-hybridized carbons (Fsp3) is 0.462. The van der Waals surface area contributed by atoms with Crippen molar-refractivity contribution in [2.75, 3.05) is 6.54 Å². The van der Waals surface area contributed by atoms with Gasteiger partial charge in [0.15, 0.2) is 0 Å². The highest BCUT2D eigenvalue weighted by molar-refractivity contribution is 6.34. The summed E-state index contributed by atoms with van der Waals surface area (Å²) in [6.45, 7) is 0.0973. The van der Waals surface area contributed by atoms with Crippen molar-refractivity contribution in [3.63, 3.8) is 0 Å². The molecule has 108 valence electrons. The number of amides is 1. The second-order valence-electron chi connectivity index (χ2n) is 4.95. The molecule has 2 N–H and O–H groups in total. The van der Waals surface area contributed by atoms with Crippen molar-refractivity contribution in [2.24, 2.45) is 5.41 Å². The third-order valence-corrected chi connectivity index (χ3v) is 4.16. The van der Waals surface area contributed by atoms with Crippen molar-refractivity contribution in [3.8, 4) is 0 Å². The van der Waals surface area contributed by atoms with Gasteiger partial charge in [0.05, 0.1) is 11.0 Å². The SMILES string of the molecule is O=C(NCC1(C(=O)O)CCCC1)c1ccc(Cl)nc1Cl. The van der Waals surface area contributed by atoms with Crippen LogP contribution in [0.2, 0.25) is 10.3 Å². The highest BCUT2D eigenvalue weighted by Gasteiger charge is 2.41.